The number of benzene rings is 2. The Labute approximate surface area is 122 Å². The second-order valence-corrected chi connectivity index (χ2v) is 5.28. The number of nitrogens with two attached hydrogens (primary N) is 1. The van der Waals surface area contributed by atoms with Crippen molar-refractivity contribution in [3.8, 4) is 0 Å². The normalized spacial score (nSPS) is 12.6. The highest BCUT2D eigenvalue weighted by molar-refractivity contribution is 5.17. The lowest BCUT2D eigenvalue weighted by Crippen LogP contribution is -2.37. The minimum Gasteiger partial charge on any atom is -0.329 e. The Morgan fingerprint density at radius 3 is 2.00 bits per heavy atom. The number of hydrogen-bond donors (Lipinski definition) is 1. The van der Waals surface area contributed by atoms with Crippen LogP contribution in [0.3, 0.4) is 0 Å². The van der Waals surface area contributed by atoms with Crippen LogP contribution in [0.15, 0.2) is 60.7 Å². The van der Waals surface area contributed by atoms with Crippen LogP contribution in [0, 0.1) is 0 Å². The third-order valence-corrected chi connectivity index (χ3v) is 3.64. The van der Waals surface area contributed by atoms with E-state index < -0.39 is 0 Å². The fourth-order valence-corrected chi connectivity index (χ4v) is 2.52. The molecule has 0 radical (unpaired) electrons. The SMILES string of the molecule is CC(Cc1ccccc1)N(CCN)Cc1ccccc1. The van der Waals surface area contributed by atoms with Gasteiger partial charge in [0.2, 0.25) is 0 Å². The van der Waals surface area contributed by atoms with Crippen molar-refractivity contribution in [3.63, 3.8) is 0 Å². The van der Waals surface area contributed by atoms with Gasteiger partial charge in [-0.05, 0) is 24.5 Å². The quantitative estimate of drug-likeness (QED) is 0.836. The van der Waals surface area contributed by atoms with Crippen LogP contribution in [-0.2, 0) is 13.0 Å². The molecule has 2 aromatic carbocycles. The lowest BCUT2D eigenvalue weighted by molar-refractivity contribution is 0.204. The van der Waals surface area contributed by atoms with E-state index in [2.05, 4.69) is 72.5 Å². The molecule has 2 nitrogen and oxygen atoms in total. The molecule has 20 heavy (non-hydrogen) atoms. The van der Waals surface area contributed by atoms with Gasteiger partial charge >= 0.3 is 0 Å². The van der Waals surface area contributed by atoms with Gasteiger partial charge in [0, 0.05) is 25.7 Å². The lowest BCUT2D eigenvalue weighted by Gasteiger charge is -2.29. The smallest absolute Gasteiger partial charge is 0.0237 e. The summed E-state index contributed by atoms with van der Waals surface area (Å²) in [7, 11) is 0. The average molecular weight is 268 g/mol. The average Bonchev–Trinajstić information content (AvgIpc) is 2.49. The highest BCUT2D eigenvalue weighted by Gasteiger charge is 2.13. The molecule has 0 aliphatic heterocycles. The van der Waals surface area contributed by atoms with Crippen LogP contribution >= 0.6 is 0 Å². The van der Waals surface area contributed by atoms with Gasteiger partial charge in [0.1, 0.15) is 0 Å². The predicted octanol–water partition coefficient (Wildman–Crippen LogP) is 3.08. The third kappa shape index (κ3) is 4.48. The molecule has 2 N–H and O–H groups in total. The molecule has 1 unspecified atom stereocenters. The molecule has 0 fully saturated rings. The van der Waals surface area contributed by atoms with Gasteiger partial charge in [-0.3, -0.25) is 4.90 Å². The second kappa shape index (κ2) is 7.83. The van der Waals surface area contributed by atoms with Crippen molar-refractivity contribution in [1.29, 1.82) is 0 Å². The molecular formula is C18H24N2. The molecule has 0 aliphatic rings. The maximum absolute atomic E-state index is 5.77. The van der Waals surface area contributed by atoms with E-state index in [0.29, 0.717) is 12.6 Å². The van der Waals surface area contributed by atoms with E-state index in [4.69, 9.17) is 5.73 Å². The fourth-order valence-electron chi connectivity index (χ4n) is 2.52. The maximum atomic E-state index is 5.77. The van der Waals surface area contributed by atoms with Crippen LogP contribution in [0.25, 0.3) is 0 Å². The predicted molar refractivity (Wildman–Crippen MR) is 85.5 cm³/mol. The summed E-state index contributed by atoms with van der Waals surface area (Å²) in [4.78, 5) is 2.46. The van der Waals surface area contributed by atoms with E-state index in [1.54, 1.807) is 0 Å². The van der Waals surface area contributed by atoms with Crippen LogP contribution in [0.4, 0.5) is 0 Å². The van der Waals surface area contributed by atoms with Crippen LogP contribution in [0.2, 0.25) is 0 Å². The van der Waals surface area contributed by atoms with Crippen LogP contribution < -0.4 is 5.73 Å². The van der Waals surface area contributed by atoms with E-state index in [0.717, 1.165) is 19.5 Å². The minimum atomic E-state index is 0.487. The lowest BCUT2D eigenvalue weighted by atomic mass is 10.1. The van der Waals surface area contributed by atoms with Gasteiger partial charge in [-0.15, -0.1) is 0 Å². The molecule has 0 bridgehead atoms. The Morgan fingerprint density at radius 1 is 0.900 bits per heavy atom. The summed E-state index contributed by atoms with van der Waals surface area (Å²) < 4.78 is 0. The zero-order valence-electron chi connectivity index (χ0n) is 12.2. The molecule has 0 amide bonds. The first kappa shape index (κ1) is 14.8. The molecule has 0 aromatic heterocycles. The van der Waals surface area contributed by atoms with Crippen molar-refractivity contribution in [2.75, 3.05) is 13.1 Å². The van der Waals surface area contributed by atoms with Crippen LogP contribution in [0.5, 0.6) is 0 Å². The Bertz CT molecular complexity index is 481. The Balaban J connectivity index is 2.00. The monoisotopic (exact) mass is 268 g/mol. The molecule has 0 aliphatic carbocycles. The number of rotatable bonds is 7. The van der Waals surface area contributed by atoms with Gasteiger partial charge in [-0.2, -0.15) is 0 Å². The Hall–Kier alpha value is -1.64. The number of hydrogen-bond acceptors (Lipinski definition) is 2. The summed E-state index contributed by atoms with van der Waals surface area (Å²) >= 11 is 0. The van der Waals surface area contributed by atoms with Crippen LogP contribution in [-0.4, -0.2) is 24.0 Å². The van der Waals surface area contributed by atoms with Gasteiger partial charge in [-0.25, -0.2) is 0 Å². The van der Waals surface area contributed by atoms with Gasteiger partial charge in [0.25, 0.3) is 0 Å². The Morgan fingerprint density at radius 2 is 1.45 bits per heavy atom. The van der Waals surface area contributed by atoms with E-state index in [1.807, 2.05) is 0 Å². The maximum Gasteiger partial charge on any atom is 0.0237 e. The fraction of sp³-hybridized carbons (Fsp3) is 0.333. The van der Waals surface area contributed by atoms with Crippen molar-refractivity contribution in [1.82, 2.24) is 4.90 Å². The minimum absolute atomic E-state index is 0.487. The standard InChI is InChI=1S/C18H24N2/c1-16(14-17-8-4-2-5-9-17)20(13-12-19)15-18-10-6-3-7-11-18/h2-11,16H,12-15,19H2,1H3. The molecular weight excluding hydrogens is 244 g/mol. The van der Waals surface area contributed by atoms with Crippen molar-refractivity contribution < 1.29 is 0 Å². The summed E-state index contributed by atoms with van der Waals surface area (Å²) in [5.74, 6) is 0. The third-order valence-electron chi connectivity index (χ3n) is 3.64. The van der Waals surface area contributed by atoms with E-state index in [1.165, 1.54) is 11.1 Å². The molecule has 0 saturated heterocycles. The first-order valence-corrected chi connectivity index (χ1v) is 7.31. The topological polar surface area (TPSA) is 29.3 Å². The largest absolute Gasteiger partial charge is 0.329 e. The van der Waals surface area contributed by atoms with Gasteiger partial charge in [-0.1, -0.05) is 60.7 Å². The molecule has 2 rings (SSSR count). The van der Waals surface area contributed by atoms with Gasteiger partial charge in [0.05, 0.1) is 0 Å². The molecule has 0 saturated carbocycles. The van der Waals surface area contributed by atoms with Crippen molar-refractivity contribution in [3.05, 3.63) is 71.8 Å². The summed E-state index contributed by atoms with van der Waals surface area (Å²) in [6.45, 7) is 4.88. The van der Waals surface area contributed by atoms with Crippen molar-refractivity contribution in [2.45, 2.75) is 25.9 Å². The Kier molecular flexibility index (Phi) is 5.78. The first-order chi connectivity index (χ1) is 9.79. The summed E-state index contributed by atoms with van der Waals surface area (Å²) in [6, 6.07) is 21.8. The molecule has 0 spiro atoms. The second-order valence-electron chi connectivity index (χ2n) is 5.28. The molecule has 2 heteroatoms. The van der Waals surface area contributed by atoms with Gasteiger partial charge in [0.15, 0.2) is 0 Å². The molecule has 106 valence electrons. The van der Waals surface area contributed by atoms with Crippen molar-refractivity contribution in [2.24, 2.45) is 5.73 Å². The zero-order valence-corrected chi connectivity index (χ0v) is 12.2. The highest BCUT2D eigenvalue weighted by atomic mass is 15.2. The summed E-state index contributed by atoms with van der Waals surface area (Å²) in [6.07, 6.45) is 1.06. The summed E-state index contributed by atoms with van der Waals surface area (Å²) in [5, 5.41) is 0. The van der Waals surface area contributed by atoms with E-state index in [-0.39, 0.29) is 0 Å². The van der Waals surface area contributed by atoms with E-state index >= 15 is 0 Å². The molecule has 0 heterocycles. The summed E-state index contributed by atoms with van der Waals surface area (Å²) in [5.41, 5.74) is 8.50. The van der Waals surface area contributed by atoms with Crippen LogP contribution in [0.1, 0.15) is 18.1 Å². The van der Waals surface area contributed by atoms with E-state index in [9.17, 15) is 0 Å². The van der Waals surface area contributed by atoms with Gasteiger partial charge < -0.3 is 5.73 Å². The zero-order chi connectivity index (χ0) is 14.2. The van der Waals surface area contributed by atoms with Crippen molar-refractivity contribution >= 4 is 0 Å². The first-order valence-electron chi connectivity index (χ1n) is 7.31. The molecule has 2 aromatic rings. The molecule has 1 atom stereocenters. The highest BCUT2D eigenvalue weighted by Crippen LogP contribution is 2.12. The number of nitrogens with zero attached hydrogens (tertiary/aromatic N) is 1.